The number of amides is 2. The third kappa shape index (κ3) is 4.65. The van der Waals surface area contributed by atoms with Gasteiger partial charge >= 0.3 is 0 Å². The standard InChI is InChI=1S/C22H25ClN2O3/c1-16-7-5-10-20(17(16)2)28-15-21(26)24-11-6-12-25(14-13-24)22(27)18-8-3-4-9-19(18)23/h3-5,7-10H,6,11-15H2,1-2H3. The molecule has 0 spiro atoms. The van der Waals surface area contributed by atoms with Gasteiger partial charge in [-0.25, -0.2) is 0 Å². The Morgan fingerprint density at radius 3 is 2.46 bits per heavy atom. The Morgan fingerprint density at radius 1 is 0.964 bits per heavy atom. The molecule has 3 rings (SSSR count). The molecule has 0 unspecified atom stereocenters. The van der Waals surface area contributed by atoms with Crippen LogP contribution in [0.25, 0.3) is 0 Å². The molecule has 6 heteroatoms. The minimum atomic E-state index is -0.0912. The van der Waals surface area contributed by atoms with Crippen molar-refractivity contribution in [2.45, 2.75) is 20.3 Å². The molecule has 0 atom stereocenters. The molecule has 148 valence electrons. The Morgan fingerprint density at radius 2 is 1.68 bits per heavy atom. The second-order valence-corrected chi connectivity index (χ2v) is 7.40. The normalized spacial score (nSPS) is 14.5. The molecule has 0 N–H and O–H groups in total. The molecule has 0 bridgehead atoms. The largest absolute Gasteiger partial charge is 0.483 e. The molecule has 0 aromatic heterocycles. The van der Waals surface area contributed by atoms with E-state index in [9.17, 15) is 9.59 Å². The molecule has 2 aromatic carbocycles. The molecule has 0 aliphatic carbocycles. The number of halogens is 1. The van der Waals surface area contributed by atoms with Crippen LogP contribution in [0, 0.1) is 13.8 Å². The summed E-state index contributed by atoms with van der Waals surface area (Å²) >= 11 is 6.15. The van der Waals surface area contributed by atoms with Crippen molar-refractivity contribution in [1.82, 2.24) is 9.80 Å². The van der Waals surface area contributed by atoms with E-state index in [0.29, 0.717) is 36.8 Å². The van der Waals surface area contributed by atoms with E-state index in [-0.39, 0.29) is 18.4 Å². The van der Waals surface area contributed by atoms with Gasteiger partial charge in [-0.3, -0.25) is 9.59 Å². The number of hydrogen-bond acceptors (Lipinski definition) is 3. The van der Waals surface area contributed by atoms with Crippen LogP contribution in [-0.4, -0.2) is 54.4 Å². The Labute approximate surface area is 170 Å². The highest BCUT2D eigenvalue weighted by atomic mass is 35.5. The predicted molar refractivity (Wildman–Crippen MR) is 110 cm³/mol. The molecule has 1 saturated heterocycles. The predicted octanol–water partition coefficient (Wildman–Crippen LogP) is 3.71. The summed E-state index contributed by atoms with van der Waals surface area (Å²) in [6, 6.07) is 12.9. The van der Waals surface area contributed by atoms with E-state index in [4.69, 9.17) is 16.3 Å². The van der Waals surface area contributed by atoms with Crippen molar-refractivity contribution in [1.29, 1.82) is 0 Å². The minimum absolute atomic E-state index is 0.00273. The second-order valence-electron chi connectivity index (χ2n) is 6.99. The van der Waals surface area contributed by atoms with Crippen molar-refractivity contribution in [3.05, 3.63) is 64.2 Å². The van der Waals surface area contributed by atoms with E-state index in [1.165, 1.54) is 0 Å². The number of carbonyl (C=O) groups excluding carboxylic acids is 2. The minimum Gasteiger partial charge on any atom is -0.483 e. The van der Waals surface area contributed by atoms with E-state index in [1.54, 1.807) is 34.1 Å². The van der Waals surface area contributed by atoms with Crippen LogP contribution in [0.3, 0.4) is 0 Å². The number of ether oxygens (including phenoxy) is 1. The number of nitrogens with zero attached hydrogens (tertiary/aromatic N) is 2. The van der Waals surface area contributed by atoms with Gasteiger partial charge in [0.2, 0.25) is 0 Å². The topological polar surface area (TPSA) is 49.9 Å². The summed E-state index contributed by atoms with van der Waals surface area (Å²) in [5.74, 6) is 0.582. The molecule has 1 aliphatic rings. The summed E-state index contributed by atoms with van der Waals surface area (Å²) in [5, 5.41) is 0.451. The van der Waals surface area contributed by atoms with Crippen molar-refractivity contribution < 1.29 is 14.3 Å². The molecule has 2 amide bonds. The number of hydrogen-bond donors (Lipinski definition) is 0. The maximum atomic E-state index is 12.7. The lowest BCUT2D eigenvalue weighted by atomic mass is 10.1. The van der Waals surface area contributed by atoms with Gasteiger partial charge in [0.25, 0.3) is 11.8 Å². The third-order valence-corrected chi connectivity index (χ3v) is 5.48. The Balaban J connectivity index is 1.57. The smallest absolute Gasteiger partial charge is 0.260 e. The molecule has 1 aliphatic heterocycles. The van der Waals surface area contributed by atoms with Crippen LogP contribution >= 0.6 is 11.6 Å². The first-order valence-electron chi connectivity index (χ1n) is 9.48. The number of rotatable bonds is 4. The summed E-state index contributed by atoms with van der Waals surface area (Å²) in [6.45, 7) is 6.20. The Bertz CT molecular complexity index is 869. The van der Waals surface area contributed by atoms with Crippen LogP contribution in [-0.2, 0) is 4.79 Å². The lowest BCUT2D eigenvalue weighted by Crippen LogP contribution is -2.39. The quantitative estimate of drug-likeness (QED) is 0.786. The van der Waals surface area contributed by atoms with Gasteiger partial charge in [-0.2, -0.15) is 0 Å². The van der Waals surface area contributed by atoms with Gasteiger partial charge in [0.1, 0.15) is 5.75 Å². The molecule has 1 heterocycles. The van der Waals surface area contributed by atoms with Crippen molar-refractivity contribution in [2.75, 3.05) is 32.8 Å². The van der Waals surface area contributed by atoms with Gasteiger partial charge < -0.3 is 14.5 Å². The number of carbonyl (C=O) groups is 2. The highest BCUT2D eigenvalue weighted by molar-refractivity contribution is 6.33. The fourth-order valence-corrected chi connectivity index (χ4v) is 3.50. The fourth-order valence-electron chi connectivity index (χ4n) is 3.29. The van der Waals surface area contributed by atoms with Crippen molar-refractivity contribution in [3.63, 3.8) is 0 Å². The zero-order valence-corrected chi connectivity index (χ0v) is 17.0. The Hall–Kier alpha value is -2.53. The third-order valence-electron chi connectivity index (χ3n) is 5.15. The lowest BCUT2D eigenvalue weighted by Gasteiger charge is -2.23. The van der Waals surface area contributed by atoms with E-state index >= 15 is 0 Å². The SMILES string of the molecule is Cc1cccc(OCC(=O)N2CCCN(C(=O)c3ccccc3Cl)CC2)c1C. The average Bonchev–Trinajstić information content (AvgIpc) is 2.95. The molecule has 0 saturated carbocycles. The van der Waals surface area contributed by atoms with Crippen molar-refractivity contribution >= 4 is 23.4 Å². The molecule has 2 aromatic rings. The monoisotopic (exact) mass is 400 g/mol. The summed E-state index contributed by atoms with van der Waals surface area (Å²) in [5.41, 5.74) is 2.68. The van der Waals surface area contributed by atoms with Crippen LogP contribution in [0.2, 0.25) is 5.02 Å². The maximum Gasteiger partial charge on any atom is 0.260 e. The lowest BCUT2D eigenvalue weighted by molar-refractivity contribution is -0.133. The average molecular weight is 401 g/mol. The maximum absolute atomic E-state index is 12.7. The first-order chi connectivity index (χ1) is 13.5. The Kier molecular flexibility index (Phi) is 6.57. The van der Waals surface area contributed by atoms with Crippen LogP contribution in [0.15, 0.2) is 42.5 Å². The first-order valence-corrected chi connectivity index (χ1v) is 9.86. The molecule has 1 fully saturated rings. The van der Waals surface area contributed by atoms with Crippen LogP contribution in [0.4, 0.5) is 0 Å². The highest BCUT2D eigenvalue weighted by Crippen LogP contribution is 2.21. The van der Waals surface area contributed by atoms with Crippen molar-refractivity contribution in [3.8, 4) is 5.75 Å². The number of benzene rings is 2. The van der Waals surface area contributed by atoms with E-state index in [1.807, 2.05) is 32.0 Å². The summed E-state index contributed by atoms with van der Waals surface area (Å²) in [7, 11) is 0. The van der Waals surface area contributed by atoms with Gasteiger partial charge in [0.15, 0.2) is 6.61 Å². The van der Waals surface area contributed by atoms with Gasteiger partial charge in [0, 0.05) is 26.2 Å². The van der Waals surface area contributed by atoms with Gasteiger partial charge in [-0.05, 0) is 49.6 Å². The molecule has 28 heavy (non-hydrogen) atoms. The van der Waals surface area contributed by atoms with E-state index in [0.717, 1.165) is 23.3 Å². The van der Waals surface area contributed by atoms with Crippen LogP contribution in [0.5, 0.6) is 5.75 Å². The first kappa shape index (κ1) is 20.2. The summed E-state index contributed by atoms with van der Waals surface area (Å²) < 4.78 is 5.74. The van der Waals surface area contributed by atoms with Crippen LogP contribution in [0.1, 0.15) is 27.9 Å². The van der Waals surface area contributed by atoms with Crippen LogP contribution < -0.4 is 4.74 Å². The van der Waals surface area contributed by atoms with Gasteiger partial charge in [-0.1, -0.05) is 35.9 Å². The van der Waals surface area contributed by atoms with Gasteiger partial charge in [-0.15, -0.1) is 0 Å². The zero-order chi connectivity index (χ0) is 20.1. The molecule has 0 radical (unpaired) electrons. The second kappa shape index (κ2) is 9.11. The highest BCUT2D eigenvalue weighted by Gasteiger charge is 2.24. The molecule has 5 nitrogen and oxygen atoms in total. The fraction of sp³-hybridized carbons (Fsp3) is 0.364. The van der Waals surface area contributed by atoms with E-state index in [2.05, 4.69) is 0 Å². The summed E-state index contributed by atoms with van der Waals surface area (Å²) in [6.07, 6.45) is 0.728. The van der Waals surface area contributed by atoms with E-state index < -0.39 is 0 Å². The van der Waals surface area contributed by atoms with Gasteiger partial charge in [0.05, 0.1) is 10.6 Å². The number of aryl methyl sites for hydroxylation is 1. The molecular formula is C22H25ClN2O3. The summed E-state index contributed by atoms with van der Waals surface area (Å²) in [4.78, 5) is 28.9. The molecular weight excluding hydrogens is 376 g/mol. The zero-order valence-electron chi connectivity index (χ0n) is 16.3. The van der Waals surface area contributed by atoms with Crippen molar-refractivity contribution in [2.24, 2.45) is 0 Å².